The van der Waals surface area contributed by atoms with E-state index >= 15 is 0 Å². The van der Waals surface area contributed by atoms with Crippen LogP contribution in [0, 0.1) is 5.92 Å². The molecule has 0 fully saturated rings. The van der Waals surface area contributed by atoms with Crippen molar-refractivity contribution >= 4 is 28.3 Å². The summed E-state index contributed by atoms with van der Waals surface area (Å²) in [4.78, 5) is 6.72. The monoisotopic (exact) mass is 333 g/mol. The molecular weight excluding hydrogens is 313 g/mol. The Hall–Kier alpha value is -0.520. The molecule has 0 saturated carbocycles. The molecule has 0 aromatic carbocycles. The molecule has 0 spiro atoms. The molecule has 1 aliphatic heterocycles. The molecule has 0 aromatic heterocycles. The zero-order valence-electron chi connectivity index (χ0n) is 10.3. The molecule has 3 nitrogen and oxygen atoms in total. The van der Waals surface area contributed by atoms with E-state index in [1.165, 1.54) is 0 Å². The van der Waals surface area contributed by atoms with Gasteiger partial charge in [0.1, 0.15) is 0 Å². The number of nitrogens with zero attached hydrogens (tertiary/aromatic N) is 2. The number of halogens is 1. The third-order valence-corrected chi connectivity index (χ3v) is 3.45. The molecule has 16 heavy (non-hydrogen) atoms. The topological polar surface area (TPSA) is 41.6 Å². The van der Waals surface area contributed by atoms with Gasteiger partial charge in [-0.1, -0.05) is 43.4 Å². The first-order valence-corrected chi connectivity index (χ1v) is 6.76. The van der Waals surface area contributed by atoms with Crippen LogP contribution in [0.3, 0.4) is 0 Å². The first-order valence-electron chi connectivity index (χ1n) is 5.51. The van der Waals surface area contributed by atoms with E-state index in [0.717, 1.165) is 11.3 Å². The Labute approximate surface area is 112 Å². The van der Waals surface area contributed by atoms with E-state index in [4.69, 9.17) is 5.73 Å². The lowest BCUT2D eigenvalue weighted by Crippen LogP contribution is -2.44. The lowest BCUT2D eigenvalue weighted by Gasteiger charge is -2.34. The summed E-state index contributed by atoms with van der Waals surface area (Å²) in [6, 6.07) is 0.308. The van der Waals surface area contributed by atoms with Gasteiger partial charge in [-0.25, -0.2) is 0 Å². The number of hydrogen-bond acceptors (Lipinski definition) is 3. The Bertz CT molecular complexity index is 329. The fraction of sp³-hybridized carbons (Fsp3) is 0.583. The summed E-state index contributed by atoms with van der Waals surface area (Å²) >= 11 is 2.44. The maximum absolute atomic E-state index is 5.72. The first kappa shape index (κ1) is 13.5. The highest BCUT2D eigenvalue weighted by Crippen LogP contribution is 2.24. The Morgan fingerprint density at radius 2 is 2.19 bits per heavy atom. The first-order chi connectivity index (χ1) is 7.49. The normalized spacial score (nSPS) is 23.6. The molecule has 2 unspecified atom stereocenters. The number of alkyl halides is 1. The van der Waals surface area contributed by atoms with Gasteiger partial charge in [0.25, 0.3) is 0 Å². The molecule has 0 bridgehead atoms. The molecule has 0 saturated heterocycles. The highest BCUT2D eigenvalue weighted by atomic mass is 127. The fourth-order valence-corrected chi connectivity index (χ4v) is 2.79. The van der Waals surface area contributed by atoms with Gasteiger partial charge in [-0.15, -0.1) is 0 Å². The van der Waals surface area contributed by atoms with Crippen LogP contribution in [-0.2, 0) is 0 Å². The van der Waals surface area contributed by atoms with Gasteiger partial charge in [-0.3, -0.25) is 4.99 Å². The Kier molecular flexibility index (Phi) is 4.83. The minimum Gasteiger partial charge on any atom is -0.404 e. The molecule has 0 aromatic rings. The molecule has 1 rings (SSSR count). The number of rotatable bonds is 3. The molecule has 1 aliphatic rings. The third-order valence-electron chi connectivity index (χ3n) is 2.77. The predicted molar refractivity (Wildman–Crippen MR) is 78.7 cm³/mol. The van der Waals surface area contributed by atoms with Crippen molar-refractivity contribution in [2.45, 2.75) is 30.7 Å². The van der Waals surface area contributed by atoms with Crippen molar-refractivity contribution in [3.63, 3.8) is 0 Å². The number of hydrogen-bond donors (Lipinski definition) is 1. The summed E-state index contributed by atoms with van der Waals surface area (Å²) in [6.07, 6.45) is 5.55. The van der Waals surface area contributed by atoms with Crippen LogP contribution in [0.2, 0.25) is 0 Å². The summed E-state index contributed by atoms with van der Waals surface area (Å²) in [5.41, 5.74) is 7.97. The second-order valence-electron chi connectivity index (χ2n) is 4.38. The standard InChI is InChI=1S/C12H20IN3/c1-8(2)10(7-14)11-12(9(3)13)16(4)6-5-15-11/h5-9,12H,14H2,1-4H3. The van der Waals surface area contributed by atoms with Crippen LogP contribution < -0.4 is 5.73 Å². The van der Waals surface area contributed by atoms with Gasteiger partial charge in [-0.2, -0.15) is 0 Å². The number of nitrogens with two attached hydrogens (primary N) is 1. The van der Waals surface area contributed by atoms with Gasteiger partial charge in [0.15, 0.2) is 0 Å². The second kappa shape index (κ2) is 5.70. The third kappa shape index (κ3) is 2.78. The molecule has 0 aliphatic carbocycles. The van der Waals surface area contributed by atoms with Gasteiger partial charge in [0, 0.05) is 23.4 Å². The van der Waals surface area contributed by atoms with Gasteiger partial charge in [0.2, 0.25) is 0 Å². The van der Waals surface area contributed by atoms with Crippen molar-refractivity contribution in [1.29, 1.82) is 0 Å². The van der Waals surface area contributed by atoms with Crippen molar-refractivity contribution in [2.24, 2.45) is 16.6 Å². The van der Waals surface area contributed by atoms with E-state index in [-0.39, 0.29) is 0 Å². The quantitative estimate of drug-likeness (QED) is 0.637. The summed E-state index contributed by atoms with van der Waals surface area (Å²) in [7, 11) is 2.08. The lowest BCUT2D eigenvalue weighted by molar-refractivity contribution is 0.399. The van der Waals surface area contributed by atoms with Crippen molar-refractivity contribution in [3.8, 4) is 0 Å². The van der Waals surface area contributed by atoms with Crippen molar-refractivity contribution in [1.82, 2.24) is 4.90 Å². The van der Waals surface area contributed by atoms with Gasteiger partial charge >= 0.3 is 0 Å². The van der Waals surface area contributed by atoms with Crippen LogP contribution >= 0.6 is 22.6 Å². The molecule has 2 atom stereocenters. The zero-order valence-corrected chi connectivity index (χ0v) is 12.5. The number of aliphatic imine (C=N–C) groups is 1. The van der Waals surface area contributed by atoms with Crippen LogP contribution in [0.1, 0.15) is 20.8 Å². The van der Waals surface area contributed by atoms with Crippen molar-refractivity contribution in [3.05, 3.63) is 24.2 Å². The van der Waals surface area contributed by atoms with Gasteiger partial charge in [-0.05, 0) is 17.7 Å². The van der Waals surface area contributed by atoms with Gasteiger partial charge < -0.3 is 10.6 Å². The molecule has 2 N–H and O–H groups in total. The molecule has 90 valence electrons. The summed E-state index contributed by atoms with van der Waals surface area (Å²) in [6.45, 7) is 6.49. The van der Waals surface area contributed by atoms with Crippen molar-refractivity contribution in [2.75, 3.05) is 7.05 Å². The average molecular weight is 333 g/mol. The van der Waals surface area contributed by atoms with Crippen LogP contribution in [-0.4, -0.2) is 27.6 Å². The van der Waals surface area contributed by atoms with E-state index in [9.17, 15) is 0 Å². The summed E-state index contributed by atoms with van der Waals surface area (Å²) < 4.78 is 0.486. The maximum atomic E-state index is 5.72. The molecule has 4 heteroatoms. The highest BCUT2D eigenvalue weighted by Gasteiger charge is 2.28. The van der Waals surface area contributed by atoms with E-state index in [0.29, 0.717) is 15.9 Å². The second-order valence-corrected chi connectivity index (χ2v) is 6.34. The average Bonchev–Trinajstić information content (AvgIpc) is 2.17. The van der Waals surface area contributed by atoms with Crippen LogP contribution in [0.15, 0.2) is 29.2 Å². The van der Waals surface area contributed by atoms with E-state index < -0.39 is 0 Å². The molecule has 0 amide bonds. The summed E-state index contributed by atoms with van der Waals surface area (Å²) in [5.74, 6) is 0.404. The van der Waals surface area contributed by atoms with Gasteiger partial charge in [0.05, 0.1) is 11.8 Å². The minimum atomic E-state index is 0.308. The lowest BCUT2D eigenvalue weighted by atomic mass is 9.92. The minimum absolute atomic E-state index is 0.308. The molecule has 0 radical (unpaired) electrons. The SMILES string of the molecule is CC(C)C(=CN)C1=NC=CN(C)C1C(C)I. The van der Waals surface area contributed by atoms with E-state index in [1.54, 1.807) is 6.20 Å². The zero-order chi connectivity index (χ0) is 12.3. The molecule has 1 heterocycles. The van der Waals surface area contributed by atoms with Crippen LogP contribution in [0.4, 0.5) is 0 Å². The summed E-state index contributed by atoms with van der Waals surface area (Å²) in [5, 5.41) is 0. The largest absolute Gasteiger partial charge is 0.404 e. The molecular formula is C12H20IN3. The van der Waals surface area contributed by atoms with Crippen LogP contribution in [0.25, 0.3) is 0 Å². The Morgan fingerprint density at radius 3 is 2.62 bits per heavy atom. The van der Waals surface area contributed by atoms with E-state index in [1.807, 2.05) is 12.4 Å². The fourth-order valence-electron chi connectivity index (χ4n) is 1.94. The smallest absolute Gasteiger partial charge is 0.0823 e. The Morgan fingerprint density at radius 1 is 1.56 bits per heavy atom. The highest BCUT2D eigenvalue weighted by molar-refractivity contribution is 14.1. The maximum Gasteiger partial charge on any atom is 0.0823 e. The van der Waals surface area contributed by atoms with Crippen molar-refractivity contribution < 1.29 is 0 Å². The predicted octanol–water partition coefficient (Wildman–Crippen LogP) is 2.53. The van der Waals surface area contributed by atoms with Crippen LogP contribution in [0.5, 0.6) is 0 Å². The van der Waals surface area contributed by atoms with E-state index in [2.05, 4.69) is 60.3 Å². The Balaban J connectivity index is 3.09.